The smallest absolute Gasteiger partial charge is 0.407 e. The monoisotopic (exact) mass is 405 g/mol. The Bertz CT molecular complexity index is 547. The minimum absolute atomic E-state index is 0.355. The summed E-state index contributed by atoms with van der Waals surface area (Å²) in [7, 11) is 0. The standard InChI is InChI=1S/C24H39NO4/c1-3-5-7-8-9-10-11-15-19-28-23(26)22(20-21-16-13-12-14-17-21)25-24(27)29-18-6-4-2/h12-14,16-17,22H,3-11,15,18-20H2,1-2H3,(H,25,27)/t22-/m0/s1. The van der Waals surface area contributed by atoms with Gasteiger partial charge in [-0.15, -0.1) is 0 Å². The maximum Gasteiger partial charge on any atom is 0.407 e. The van der Waals surface area contributed by atoms with Crippen LogP contribution in [0.5, 0.6) is 0 Å². The number of nitrogens with one attached hydrogen (secondary N) is 1. The van der Waals surface area contributed by atoms with Gasteiger partial charge in [-0.25, -0.2) is 9.59 Å². The van der Waals surface area contributed by atoms with Crippen molar-refractivity contribution in [3.8, 4) is 0 Å². The van der Waals surface area contributed by atoms with Crippen LogP contribution in [-0.4, -0.2) is 31.3 Å². The minimum Gasteiger partial charge on any atom is -0.464 e. The van der Waals surface area contributed by atoms with Gasteiger partial charge in [-0.1, -0.05) is 95.5 Å². The van der Waals surface area contributed by atoms with E-state index in [-0.39, 0.29) is 0 Å². The number of benzene rings is 1. The maximum absolute atomic E-state index is 12.5. The molecule has 1 N–H and O–H groups in total. The van der Waals surface area contributed by atoms with Gasteiger partial charge in [-0.3, -0.25) is 0 Å². The topological polar surface area (TPSA) is 64.6 Å². The fraction of sp³-hybridized carbons (Fsp3) is 0.667. The first kappa shape index (κ1) is 25.0. The second-order valence-electron chi connectivity index (χ2n) is 7.52. The molecule has 0 bridgehead atoms. The van der Waals surface area contributed by atoms with Crippen LogP contribution in [0.25, 0.3) is 0 Å². The molecule has 1 atom stereocenters. The van der Waals surface area contributed by atoms with Crippen LogP contribution in [0.2, 0.25) is 0 Å². The third-order valence-corrected chi connectivity index (χ3v) is 4.83. The van der Waals surface area contributed by atoms with Crippen LogP contribution in [0.1, 0.15) is 83.6 Å². The third-order valence-electron chi connectivity index (χ3n) is 4.83. The molecule has 0 radical (unpaired) electrons. The van der Waals surface area contributed by atoms with E-state index in [4.69, 9.17) is 9.47 Å². The Kier molecular flexibility index (Phi) is 14.5. The Balaban J connectivity index is 2.37. The van der Waals surface area contributed by atoms with Gasteiger partial charge in [0, 0.05) is 6.42 Å². The van der Waals surface area contributed by atoms with Gasteiger partial charge in [0.25, 0.3) is 0 Å². The summed E-state index contributed by atoms with van der Waals surface area (Å²) in [5.41, 5.74) is 0.968. The van der Waals surface area contributed by atoms with Gasteiger partial charge in [0.05, 0.1) is 13.2 Å². The van der Waals surface area contributed by atoms with E-state index in [1.807, 2.05) is 37.3 Å². The highest BCUT2D eigenvalue weighted by atomic mass is 16.6. The van der Waals surface area contributed by atoms with Crippen LogP contribution in [-0.2, 0) is 20.7 Å². The summed E-state index contributed by atoms with van der Waals surface area (Å²) in [6, 6.07) is 8.88. The number of alkyl carbamates (subject to hydrolysis) is 1. The SMILES string of the molecule is CCCCCCCCCCOC(=O)[C@H](Cc1ccccc1)NC(=O)OCCCC. The van der Waals surface area contributed by atoms with Crippen molar-refractivity contribution in [1.29, 1.82) is 0 Å². The van der Waals surface area contributed by atoms with Gasteiger partial charge in [-0.05, 0) is 18.4 Å². The molecule has 0 aromatic heterocycles. The number of carbonyl (C=O) groups excluding carboxylic acids is 2. The van der Waals surface area contributed by atoms with E-state index in [1.165, 1.54) is 38.5 Å². The van der Waals surface area contributed by atoms with Crippen LogP contribution in [0, 0.1) is 0 Å². The number of amides is 1. The Labute approximate surface area is 176 Å². The van der Waals surface area contributed by atoms with Crippen molar-refractivity contribution in [3.05, 3.63) is 35.9 Å². The van der Waals surface area contributed by atoms with E-state index in [1.54, 1.807) is 0 Å². The second kappa shape index (κ2) is 16.9. The average molecular weight is 406 g/mol. The molecule has 0 aliphatic carbocycles. The highest BCUT2D eigenvalue weighted by Gasteiger charge is 2.23. The number of hydrogen-bond acceptors (Lipinski definition) is 4. The van der Waals surface area contributed by atoms with Crippen LogP contribution >= 0.6 is 0 Å². The van der Waals surface area contributed by atoms with E-state index >= 15 is 0 Å². The highest BCUT2D eigenvalue weighted by molar-refractivity contribution is 5.81. The Hall–Kier alpha value is -2.04. The number of unbranched alkanes of at least 4 members (excludes halogenated alkanes) is 8. The molecule has 0 unspecified atom stereocenters. The molecule has 0 aliphatic heterocycles. The lowest BCUT2D eigenvalue weighted by Gasteiger charge is -2.18. The fourth-order valence-electron chi connectivity index (χ4n) is 3.05. The van der Waals surface area contributed by atoms with Gasteiger partial charge >= 0.3 is 12.1 Å². The molecule has 0 aliphatic rings. The first-order chi connectivity index (χ1) is 14.2. The van der Waals surface area contributed by atoms with Crippen LogP contribution in [0.15, 0.2) is 30.3 Å². The van der Waals surface area contributed by atoms with Gasteiger partial charge in [0.2, 0.25) is 0 Å². The molecule has 1 aromatic rings. The molecule has 5 nitrogen and oxygen atoms in total. The van der Waals surface area contributed by atoms with Crippen molar-refractivity contribution in [2.75, 3.05) is 13.2 Å². The molecule has 0 spiro atoms. The number of ether oxygens (including phenoxy) is 2. The normalized spacial score (nSPS) is 11.7. The van der Waals surface area contributed by atoms with E-state index < -0.39 is 18.1 Å². The van der Waals surface area contributed by atoms with E-state index in [0.29, 0.717) is 19.6 Å². The molecule has 29 heavy (non-hydrogen) atoms. The number of carbonyl (C=O) groups is 2. The lowest BCUT2D eigenvalue weighted by atomic mass is 10.1. The summed E-state index contributed by atoms with van der Waals surface area (Å²) in [5, 5.41) is 2.67. The maximum atomic E-state index is 12.5. The fourth-order valence-corrected chi connectivity index (χ4v) is 3.05. The summed E-state index contributed by atoms with van der Waals surface area (Å²) < 4.78 is 10.6. The highest BCUT2D eigenvalue weighted by Crippen LogP contribution is 2.09. The molecule has 1 rings (SSSR count). The Morgan fingerprint density at radius 3 is 2.03 bits per heavy atom. The van der Waals surface area contributed by atoms with Gasteiger partial charge < -0.3 is 14.8 Å². The second-order valence-corrected chi connectivity index (χ2v) is 7.52. The summed E-state index contributed by atoms with van der Waals surface area (Å²) in [6.07, 6.45) is 11.1. The van der Waals surface area contributed by atoms with Gasteiger partial charge in [-0.2, -0.15) is 0 Å². The quantitative estimate of drug-likeness (QED) is 0.278. The predicted octanol–water partition coefficient (Wildman–Crippen LogP) is 5.81. The summed E-state index contributed by atoms with van der Waals surface area (Å²) in [5.74, 6) is -0.399. The molecule has 1 aromatic carbocycles. The summed E-state index contributed by atoms with van der Waals surface area (Å²) in [6.45, 7) is 5.00. The van der Waals surface area contributed by atoms with Crippen LogP contribution in [0.4, 0.5) is 4.79 Å². The number of hydrogen-bond donors (Lipinski definition) is 1. The van der Waals surface area contributed by atoms with Crippen molar-refractivity contribution in [3.63, 3.8) is 0 Å². The molecular weight excluding hydrogens is 366 g/mol. The molecule has 5 heteroatoms. The van der Waals surface area contributed by atoms with Crippen molar-refractivity contribution < 1.29 is 19.1 Å². The van der Waals surface area contributed by atoms with Gasteiger partial charge in [0.15, 0.2) is 0 Å². The van der Waals surface area contributed by atoms with Crippen molar-refractivity contribution >= 4 is 12.1 Å². The molecule has 1 amide bonds. The summed E-state index contributed by atoms with van der Waals surface area (Å²) >= 11 is 0. The van der Waals surface area contributed by atoms with E-state index in [2.05, 4.69) is 12.2 Å². The van der Waals surface area contributed by atoms with E-state index in [0.717, 1.165) is 31.2 Å². The van der Waals surface area contributed by atoms with E-state index in [9.17, 15) is 9.59 Å². The zero-order valence-corrected chi connectivity index (χ0v) is 18.3. The van der Waals surface area contributed by atoms with Crippen molar-refractivity contribution in [2.45, 2.75) is 90.5 Å². The minimum atomic E-state index is -0.736. The van der Waals surface area contributed by atoms with Crippen LogP contribution < -0.4 is 5.32 Å². The Morgan fingerprint density at radius 2 is 1.38 bits per heavy atom. The molecule has 0 fully saturated rings. The molecular formula is C24H39NO4. The number of esters is 1. The molecule has 0 saturated carbocycles. The number of rotatable bonds is 16. The average Bonchev–Trinajstić information content (AvgIpc) is 2.73. The lowest BCUT2D eigenvalue weighted by molar-refractivity contribution is -0.146. The van der Waals surface area contributed by atoms with Crippen molar-refractivity contribution in [2.24, 2.45) is 0 Å². The third kappa shape index (κ3) is 12.9. The molecule has 164 valence electrons. The molecule has 0 saturated heterocycles. The Morgan fingerprint density at radius 1 is 0.793 bits per heavy atom. The van der Waals surface area contributed by atoms with Crippen molar-refractivity contribution in [1.82, 2.24) is 5.32 Å². The zero-order chi connectivity index (χ0) is 21.2. The van der Waals surface area contributed by atoms with Gasteiger partial charge in [0.1, 0.15) is 6.04 Å². The summed E-state index contributed by atoms with van der Waals surface area (Å²) in [4.78, 5) is 24.5. The first-order valence-electron chi connectivity index (χ1n) is 11.3. The largest absolute Gasteiger partial charge is 0.464 e. The zero-order valence-electron chi connectivity index (χ0n) is 18.3. The first-order valence-corrected chi connectivity index (χ1v) is 11.3. The molecule has 0 heterocycles. The van der Waals surface area contributed by atoms with Crippen LogP contribution in [0.3, 0.4) is 0 Å². The predicted molar refractivity (Wildman–Crippen MR) is 117 cm³/mol. The lowest BCUT2D eigenvalue weighted by Crippen LogP contribution is -2.43.